The van der Waals surface area contributed by atoms with Crippen LogP contribution in [0.4, 0.5) is 10.5 Å². The predicted molar refractivity (Wildman–Crippen MR) is 81.5 cm³/mol. The molecule has 5 heteroatoms. The molecule has 1 aliphatic heterocycles. The van der Waals surface area contributed by atoms with Gasteiger partial charge in [-0.25, -0.2) is 4.79 Å². The van der Waals surface area contributed by atoms with Crippen molar-refractivity contribution in [2.24, 2.45) is 5.92 Å². The molecule has 1 aromatic rings. The lowest BCUT2D eigenvalue weighted by molar-refractivity contribution is 0.0559. The second-order valence-corrected chi connectivity index (χ2v) is 5.76. The van der Waals surface area contributed by atoms with Crippen LogP contribution in [0.1, 0.15) is 24.0 Å². The van der Waals surface area contributed by atoms with Crippen LogP contribution in [0, 0.1) is 19.8 Å². The van der Waals surface area contributed by atoms with Crippen LogP contribution in [0.25, 0.3) is 0 Å². The van der Waals surface area contributed by atoms with Crippen molar-refractivity contribution < 1.29 is 9.53 Å². The summed E-state index contributed by atoms with van der Waals surface area (Å²) in [4.78, 5) is 11.9. The van der Waals surface area contributed by atoms with Crippen molar-refractivity contribution in [3.63, 3.8) is 0 Å². The molecule has 0 radical (unpaired) electrons. The number of hydrogen-bond acceptors (Lipinski definition) is 2. The number of carbonyl (C=O) groups is 1. The van der Waals surface area contributed by atoms with E-state index in [1.165, 1.54) is 0 Å². The Morgan fingerprint density at radius 2 is 2.25 bits per heavy atom. The summed E-state index contributed by atoms with van der Waals surface area (Å²) in [6.45, 7) is 6.11. The number of hydrogen-bond donors (Lipinski definition) is 2. The minimum Gasteiger partial charge on any atom is -0.381 e. The zero-order chi connectivity index (χ0) is 14.5. The zero-order valence-corrected chi connectivity index (χ0v) is 12.7. The van der Waals surface area contributed by atoms with E-state index in [-0.39, 0.29) is 6.03 Å². The Morgan fingerprint density at radius 3 is 2.90 bits per heavy atom. The van der Waals surface area contributed by atoms with E-state index in [4.69, 9.17) is 16.3 Å². The number of anilines is 1. The van der Waals surface area contributed by atoms with Crippen molar-refractivity contribution in [1.82, 2.24) is 5.32 Å². The summed E-state index contributed by atoms with van der Waals surface area (Å²) >= 11 is 6.17. The van der Waals surface area contributed by atoms with E-state index in [0.29, 0.717) is 23.2 Å². The van der Waals surface area contributed by atoms with E-state index in [1.54, 1.807) is 0 Å². The second kappa shape index (κ2) is 6.95. The highest BCUT2D eigenvalue weighted by Gasteiger charge is 2.15. The van der Waals surface area contributed by atoms with Gasteiger partial charge >= 0.3 is 6.03 Å². The lowest BCUT2D eigenvalue weighted by Gasteiger charge is -2.22. The monoisotopic (exact) mass is 296 g/mol. The number of carbonyl (C=O) groups excluding carboxylic acids is 1. The van der Waals surface area contributed by atoms with Crippen LogP contribution >= 0.6 is 11.6 Å². The Labute approximate surface area is 124 Å². The first-order chi connectivity index (χ1) is 9.56. The molecule has 2 N–H and O–H groups in total. The van der Waals surface area contributed by atoms with Gasteiger partial charge in [-0.05, 0) is 49.8 Å². The molecule has 0 unspecified atom stereocenters. The molecular formula is C15H21ClN2O2. The fourth-order valence-electron chi connectivity index (χ4n) is 2.44. The average molecular weight is 297 g/mol. The molecule has 2 amide bonds. The van der Waals surface area contributed by atoms with Gasteiger partial charge < -0.3 is 15.4 Å². The van der Waals surface area contributed by atoms with Crippen LogP contribution in [0.2, 0.25) is 5.02 Å². The van der Waals surface area contributed by atoms with Gasteiger partial charge in [-0.15, -0.1) is 0 Å². The summed E-state index contributed by atoms with van der Waals surface area (Å²) < 4.78 is 5.39. The maximum atomic E-state index is 11.9. The van der Waals surface area contributed by atoms with Crippen LogP contribution in [-0.4, -0.2) is 25.8 Å². The van der Waals surface area contributed by atoms with Gasteiger partial charge in [0.1, 0.15) is 0 Å². The lowest BCUT2D eigenvalue weighted by Crippen LogP contribution is -2.36. The number of amides is 2. The maximum Gasteiger partial charge on any atom is 0.319 e. The molecule has 0 saturated carbocycles. The minimum absolute atomic E-state index is 0.218. The van der Waals surface area contributed by atoms with Crippen molar-refractivity contribution in [1.29, 1.82) is 0 Å². The van der Waals surface area contributed by atoms with Crippen LogP contribution in [0.15, 0.2) is 12.1 Å². The van der Waals surface area contributed by atoms with Crippen molar-refractivity contribution in [3.8, 4) is 0 Å². The highest BCUT2D eigenvalue weighted by molar-refractivity contribution is 6.34. The third kappa shape index (κ3) is 4.12. The average Bonchev–Trinajstić information content (AvgIpc) is 2.42. The Bertz CT molecular complexity index is 462. The highest BCUT2D eigenvalue weighted by Crippen LogP contribution is 2.27. The Kier molecular flexibility index (Phi) is 5.26. The number of benzene rings is 1. The largest absolute Gasteiger partial charge is 0.381 e. The van der Waals surface area contributed by atoms with E-state index in [9.17, 15) is 4.79 Å². The topological polar surface area (TPSA) is 50.4 Å². The van der Waals surface area contributed by atoms with Gasteiger partial charge in [-0.3, -0.25) is 0 Å². The molecule has 4 nitrogen and oxygen atoms in total. The van der Waals surface area contributed by atoms with Gasteiger partial charge in [0.25, 0.3) is 0 Å². The summed E-state index contributed by atoms with van der Waals surface area (Å²) in [5.41, 5.74) is 2.72. The third-order valence-corrected chi connectivity index (χ3v) is 3.77. The summed E-state index contributed by atoms with van der Waals surface area (Å²) in [6, 6.07) is 3.62. The van der Waals surface area contributed by atoms with Gasteiger partial charge in [-0.2, -0.15) is 0 Å². The molecule has 1 fully saturated rings. The number of nitrogens with one attached hydrogen (secondary N) is 2. The fourth-order valence-corrected chi connectivity index (χ4v) is 2.81. The predicted octanol–water partition coefficient (Wildman–Crippen LogP) is 3.50. The van der Waals surface area contributed by atoms with Crippen LogP contribution in [-0.2, 0) is 4.74 Å². The second-order valence-electron chi connectivity index (χ2n) is 5.36. The number of rotatable bonds is 3. The molecular weight excluding hydrogens is 276 g/mol. The number of urea groups is 1. The smallest absolute Gasteiger partial charge is 0.319 e. The number of ether oxygens (including phenoxy) is 1. The molecule has 0 aliphatic carbocycles. The standard InChI is InChI=1S/C15H21ClN2O2/c1-10-6-11(2)14(13(16)7-10)18-15(19)17-8-12-4-3-5-20-9-12/h6-7,12H,3-5,8-9H2,1-2H3,(H2,17,18,19)/t12-/m0/s1. The van der Waals surface area contributed by atoms with Gasteiger partial charge in [-0.1, -0.05) is 17.7 Å². The molecule has 1 heterocycles. The van der Waals surface area contributed by atoms with E-state index in [0.717, 1.165) is 37.2 Å². The lowest BCUT2D eigenvalue weighted by atomic mass is 10.0. The van der Waals surface area contributed by atoms with Crippen LogP contribution in [0.3, 0.4) is 0 Å². The summed E-state index contributed by atoms with van der Waals surface area (Å²) in [5, 5.41) is 6.27. The molecule has 0 bridgehead atoms. The van der Waals surface area contributed by atoms with Crippen LogP contribution in [0.5, 0.6) is 0 Å². The van der Waals surface area contributed by atoms with Crippen molar-refractivity contribution >= 4 is 23.3 Å². The fraction of sp³-hybridized carbons (Fsp3) is 0.533. The van der Waals surface area contributed by atoms with Crippen molar-refractivity contribution in [2.45, 2.75) is 26.7 Å². The number of aryl methyl sites for hydroxylation is 2. The molecule has 1 aromatic carbocycles. The molecule has 110 valence electrons. The molecule has 0 aromatic heterocycles. The summed E-state index contributed by atoms with van der Waals surface area (Å²) in [5.74, 6) is 0.407. The van der Waals surface area contributed by atoms with E-state index >= 15 is 0 Å². The SMILES string of the molecule is Cc1cc(C)c(NC(=O)NC[C@@H]2CCCOC2)c(Cl)c1. The normalized spacial score (nSPS) is 18.6. The highest BCUT2D eigenvalue weighted by atomic mass is 35.5. The first-order valence-electron chi connectivity index (χ1n) is 6.95. The molecule has 1 saturated heterocycles. The molecule has 1 aliphatic rings. The van der Waals surface area contributed by atoms with Crippen LogP contribution < -0.4 is 10.6 Å². The van der Waals surface area contributed by atoms with Gasteiger partial charge in [0, 0.05) is 13.2 Å². The number of halogens is 1. The maximum absolute atomic E-state index is 11.9. The van der Waals surface area contributed by atoms with Crippen molar-refractivity contribution in [2.75, 3.05) is 25.1 Å². The Hall–Kier alpha value is -1.26. The Morgan fingerprint density at radius 1 is 1.45 bits per heavy atom. The minimum atomic E-state index is -0.218. The summed E-state index contributed by atoms with van der Waals surface area (Å²) in [7, 11) is 0. The zero-order valence-electron chi connectivity index (χ0n) is 12.0. The molecule has 2 rings (SSSR count). The quantitative estimate of drug-likeness (QED) is 0.897. The molecule has 0 spiro atoms. The summed E-state index contributed by atoms with van der Waals surface area (Å²) in [6.07, 6.45) is 2.17. The molecule has 1 atom stereocenters. The first-order valence-corrected chi connectivity index (χ1v) is 7.33. The Balaban J connectivity index is 1.88. The van der Waals surface area contributed by atoms with E-state index in [1.807, 2.05) is 26.0 Å². The first kappa shape index (κ1) is 15.1. The van der Waals surface area contributed by atoms with Crippen molar-refractivity contribution in [3.05, 3.63) is 28.3 Å². The van der Waals surface area contributed by atoms with Gasteiger partial charge in [0.15, 0.2) is 0 Å². The van der Waals surface area contributed by atoms with E-state index in [2.05, 4.69) is 10.6 Å². The van der Waals surface area contributed by atoms with Gasteiger partial charge in [0.2, 0.25) is 0 Å². The van der Waals surface area contributed by atoms with E-state index < -0.39 is 0 Å². The van der Waals surface area contributed by atoms with Gasteiger partial charge in [0.05, 0.1) is 17.3 Å². The molecule has 20 heavy (non-hydrogen) atoms. The third-order valence-electron chi connectivity index (χ3n) is 3.48.